The zero-order chi connectivity index (χ0) is 26.9. The molecule has 39 heavy (non-hydrogen) atoms. The van der Waals surface area contributed by atoms with Crippen LogP contribution in [0.4, 0.5) is 11.8 Å². The molecule has 9 heteroatoms. The topological polar surface area (TPSA) is 95.9 Å². The summed E-state index contributed by atoms with van der Waals surface area (Å²) in [6.07, 6.45) is 5.74. The lowest BCUT2D eigenvalue weighted by Gasteiger charge is -2.28. The molecule has 0 unspecified atom stereocenters. The number of rotatable bonds is 11. The Morgan fingerprint density at radius 2 is 1.72 bits per heavy atom. The second-order valence-corrected chi connectivity index (χ2v) is 10.2. The Hall–Kier alpha value is -3.27. The predicted octanol–water partition coefficient (Wildman–Crippen LogP) is 3.70. The Morgan fingerprint density at radius 3 is 2.51 bits per heavy atom. The molecule has 0 radical (unpaired) electrons. The van der Waals surface area contributed by atoms with Gasteiger partial charge in [0.1, 0.15) is 11.6 Å². The number of hydrogen-bond donors (Lipinski definition) is 2. The number of hydrogen-bond acceptors (Lipinski definition) is 9. The van der Waals surface area contributed by atoms with Crippen molar-refractivity contribution in [2.24, 2.45) is 0 Å². The number of phenolic OH excluding ortho intramolecular Hbond substituents is 1. The van der Waals surface area contributed by atoms with Crippen LogP contribution in [-0.2, 0) is 22.3 Å². The van der Waals surface area contributed by atoms with E-state index in [2.05, 4.69) is 39.2 Å². The lowest BCUT2D eigenvalue weighted by atomic mass is 9.98. The highest BCUT2D eigenvalue weighted by Gasteiger charge is 2.19. The van der Waals surface area contributed by atoms with Crippen LogP contribution < -0.4 is 10.2 Å². The minimum atomic E-state index is 0.240. The van der Waals surface area contributed by atoms with Gasteiger partial charge in [0, 0.05) is 50.2 Å². The number of pyridine rings is 1. The molecule has 5 rings (SSSR count). The molecular formula is C30H40N6O3. The second-order valence-electron chi connectivity index (χ2n) is 10.2. The van der Waals surface area contributed by atoms with Gasteiger partial charge in [0.05, 0.1) is 32.1 Å². The molecule has 1 aromatic carbocycles. The minimum absolute atomic E-state index is 0.240. The number of nitrogens with zero attached hydrogens (tertiary/aromatic N) is 5. The van der Waals surface area contributed by atoms with E-state index in [1.807, 2.05) is 18.3 Å². The molecule has 2 aliphatic rings. The lowest BCUT2D eigenvalue weighted by molar-refractivity contribution is 0.0378. The van der Waals surface area contributed by atoms with Gasteiger partial charge in [-0.3, -0.25) is 4.90 Å². The van der Waals surface area contributed by atoms with Crippen LogP contribution in [0, 0.1) is 6.92 Å². The van der Waals surface area contributed by atoms with Gasteiger partial charge in [-0.25, -0.2) is 15.0 Å². The van der Waals surface area contributed by atoms with Gasteiger partial charge < -0.3 is 24.8 Å². The van der Waals surface area contributed by atoms with Crippen LogP contribution in [0.1, 0.15) is 29.7 Å². The van der Waals surface area contributed by atoms with Crippen LogP contribution >= 0.6 is 0 Å². The van der Waals surface area contributed by atoms with E-state index in [1.165, 1.54) is 5.56 Å². The van der Waals surface area contributed by atoms with Gasteiger partial charge in [-0.2, -0.15) is 0 Å². The maximum absolute atomic E-state index is 10.2. The average molecular weight is 533 g/mol. The molecule has 0 bridgehead atoms. The minimum Gasteiger partial charge on any atom is -0.508 e. The van der Waals surface area contributed by atoms with Crippen molar-refractivity contribution in [2.45, 2.75) is 32.6 Å². The van der Waals surface area contributed by atoms with E-state index >= 15 is 0 Å². The largest absolute Gasteiger partial charge is 0.508 e. The number of benzene rings is 1. The van der Waals surface area contributed by atoms with Crippen LogP contribution in [0.25, 0.3) is 11.3 Å². The SMILES string of the molecule is Cc1nc(N2CCOCC2)nc(-c2cccc(O)c2)c1CCCc1ccnc(NCCCN2CCOCC2)c1. The van der Waals surface area contributed by atoms with Crippen LogP contribution in [0.3, 0.4) is 0 Å². The number of nitrogens with one attached hydrogen (secondary N) is 1. The normalized spacial score (nSPS) is 16.4. The third-order valence-electron chi connectivity index (χ3n) is 7.39. The summed E-state index contributed by atoms with van der Waals surface area (Å²) in [6.45, 7) is 10.7. The van der Waals surface area contributed by atoms with E-state index in [1.54, 1.807) is 12.1 Å². The quantitative estimate of drug-likeness (QED) is 0.358. The maximum atomic E-state index is 10.2. The van der Waals surface area contributed by atoms with Crippen molar-refractivity contribution >= 4 is 11.8 Å². The summed E-state index contributed by atoms with van der Waals surface area (Å²) in [5.74, 6) is 1.91. The fraction of sp³-hybridized carbons (Fsp3) is 0.500. The van der Waals surface area contributed by atoms with Gasteiger partial charge in [-0.15, -0.1) is 0 Å². The molecule has 208 valence electrons. The van der Waals surface area contributed by atoms with Crippen LogP contribution in [0.5, 0.6) is 5.75 Å². The Balaban J connectivity index is 1.22. The fourth-order valence-electron chi connectivity index (χ4n) is 5.22. The van der Waals surface area contributed by atoms with Crippen molar-refractivity contribution < 1.29 is 14.6 Å². The Morgan fingerprint density at radius 1 is 0.923 bits per heavy atom. The molecule has 2 fully saturated rings. The molecular weight excluding hydrogens is 492 g/mol. The standard InChI is InChI=1S/C30H40N6O3/c1-23-27(29(25-6-3-7-26(37)22-25)34-30(33-23)36-15-19-39-20-16-36)8-2-5-24-9-11-32-28(21-24)31-10-4-12-35-13-17-38-18-14-35/h3,6-7,9,11,21-22,37H,2,4-5,8,10,12-20H2,1H3,(H,31,32). The molecule has 0 aliphatic carbocycles. The Kier molecular flexibility index (Phi) is 9.58. The lowest BCUT2D eigenvalue weighted by Crippen LogP contribution is -2.37. The predicted molar refractivity (Wildman–Crippen MR) is 154 cm³/mol. The molecule has 4 heterocycles. The van der Waals surface area contributed by atoms with E-state index in [0.29, 0.717) is 13.2 Å². The fourth-order valence-corrected chi connectivity index (χ4v) is 5.22. The summed E-state index contributed by atoms with van der Waals surface area (Å²) >= 11 is 0. The first kappa shape index (κ1) is 27.3. The zero-order valence-electron chi connectivity index (χ0n) is 22.9. The first-order chi connectivity index (χ1) is 19.2. The van der Waals surface area contributed by atoms with Gasteiger partial charge >= 0.3 is 0 Å². The van der Waals surface area contributed by atoms with E-state index in [9.17, 15) is 5.11 Å². The molecule has 0 saturated carbocycles. The van der Waals surface area contributed by atoms with Gasteiger partial charge in [0.2, 0.25) is 5.95 Å². The van der Waals surface area contributed by atoms with Gasteiger partial charge in [-0.05, 0) is 74.5 Å². The molecule has 9 nitrogen and oxygen atoms in total. The molecule has 2 N–H and O–H groups in total. The van der Waals surface area contributed by atoms with E-state index < -0.39 is 0 Å². The molecule has 0 amide bonds. The second kappa shape index (κ2) is 13.7. The summed E-state index contributed by atoms with van der Waals surface area (Å²) in [4.78, 5) is 19.0. The smallest absolute Gasteiger partial charge is 0.226 e. The molecule has 2 aliphatic heterocycles. The van der Waals surface area contributed by atoms with Crippen molar-refractivity contribution in [3.8, 4) is 17.0 Å². The number of aromatic hydroxyl groups is 1. The van der Waals surface area contributed by atoms with Crippen LogP contribution in [0.15, 0.2) is 42.6 Å². The number of phenols is 1. The van der Waals surface area contributed by atoms with Crippen molar-refractivity contribution in [1.82, 2.24) is 19.9 Å². The average Bonchev–Trinajstić information content (AvgIpc) is 2.97. The van der Waals surface area contributed by atoms with Crippen molar-refractivity contribution in [1.29, 1.82) is 0 Å². The highest BCUT2D eigenvalue weighted by atomic mass is 16.5. The molecule has 3 aromatic rings. The van der Waals surface area contributed by atoms with Crippen molar-refractivity contribution in [3.63, 3.8) is 0 Å². The highest BCUT2D eigenvalue weighted by molar-refractivity contribution is 5.67. The summed E-state index contributed by atoms with van der Waals surface area (Å²) in [5.41, 5.74) is 5.20. The number of aryl methyl sites for hydroxylation is 2. The van der Waals surface area contributed by atoms with Crippen LogP contribution in [-0.4, -0.2) is 90.7 Å². The van der Waals surface area contributed by atoms with E-state index in [4.69, 9.17) is 19.4 Å². The Labute approximate surface area is 231 Å². The third-order valence-corrected chi connectivity index (χ3v) is 7.39. The van der Waals surface area contributed by atoms with Gasteiger partial charge in [0.15, 0.2) is 0 Å². The van der Waals surface area contributed by atoms with E-state index in [0.717, 1.165) is 112 Å². The molecule has 2 aromatic heterocycles. The number of morpholine rings is 2. The van der Waals surface area contributed by atoms with Crippen molar-refractivity contribution in [3.05, 3.63) is 59.4 Å². The highest BCUT2D eigenvalue weighted by Crippen LogP contribution is 2.30. The first-order valence-electron chi connectivity index (χ1n) is 14.1. The number of anilines is 2. The molecule has 0 atom stereocenters. The third kappa shape index (κ3) is 7.65. The molecule has 0 spiro atoms. The number of aromatic nitrogens is 3. The first-order valence-corrected chi connectivity index (χ1v) is 14.1. The van der Waals surface area contributed by atoms with E-state index in [-0.39, 0.29) is 5.75 Å². The van der Waals surface area contributed by atoms with Gasteiger partial charge in [-0.1, -0.05) is 12.1 Å². The van der Waals surface area contributed by atoms with Crippen molar-refractivity contribution in [2.75, 3.05) is 75.9 Å². The summed E-state index contributed by atoms with van der Waals surface area (Å²) in [5, 5.41) is 13.6. The number of ether oxygens (including phenoxy) is 2. The zero-order valence-corrected chi connectivity index (χ0v) is 22.9. The molecule has 2 saturated heterocycles. The summed E-state index contributed by atoms with van der Waals surface area (Å²) < 4.78 is 10.9. The summed E-state index contributed by atoms with van der Waals surface area (Å²) in [7, 11) is 0. The summed E-state index contributed by atoms with van der Waals surface area (Å²) in [6, 6.07) is 11.6. The van der Waals surface area contributed by atoms with Gasteiger partial charge in [0.25, 0.3) is 0 Å². The van der Waals surface area contributed by atoms with Crippen LogP contribution in [0.2, 0.25) is 0 Å². The Bertz CT molecular complexity index is 1210. The maximum Gasteiger partial charge on any atom is 0.226 e. The monoisotopic (exact) mass is 532 g/mol.